The highest BCUT2D eigenvalue weighted by Gasteiger charge is 2.17. The summed E-state index contributed by atoms with van der Waals surface area (Å²) < 4.78 is 0. The van der Waals surface area contributed by atoms with E-state index in [-0.39, 0.29) is 11.6 Å². The highest BCUT2D eigenvalue weighted by atomic mass is 16.6. The maximum absolute atomic E-state index is 12.6. The number of nitro groups is 1. The van der Waals surface area contributed by atoms with Crippen LogP contribution in [0.2, 0.25) is 0 Å². The quantitative estimate of drug-likeness (QED) is 0.476. The number of nitro benzene ring substituents is 1. The molecular weight excluding hydrogens is 378 g/mol. The summed E-state index contributed by atoms with van der Waals surface area (Å²) in [4.78, 5) is 25.5. The van der Waals surface area contributed by atoms with E-state index >= 15 is 0 Å². The first kappa shape index (κ1) is 19.6. The van der Waals surface area contributed by atoms with E-state index in [4.69, 9.17) is 0 Å². The number of rotatable bonds is 5. The number of hydrogen-bond acceptors (Lipinski definition) is 4. The van der Waals surface area contributed by atoms with Crippen molar-refractivity contribution in [3.8, 4) is 0 Å². The number of amides is 1. The van der Waals surface area contributed by atoms with Crippen LogP contribution in [0.5, 0.6) is 0 Å². The summed E-state index contributed by atoms with van der Waals surface area (Å²) in [6, 6.07) is 20.5. The van der Waals surface area contributed by atoms with E-state index in [1.165, 1.54) is 23.4 Å². The molecule has 0 aliphatic carbocycles. The number of carbonyl (C=O) groups is 1. The molecule has 152 valence electrons. The van der Waals surface area contributed by atoms with Crippen LogP contribution in [0.4, 0.5) is 17.1 Å². The molecular formula is C24H23N3O3. The number of para-hydroxylation sites is 1. The van der Waals surface area contributed by atoms with Gasteiger partial charge in [0.25, 0.3) is 11.6 Å². The van der Waals surface area contributed by atoms with Gasteiger partial charge >= 0.3 is 0 Å². The van der Waals surface area contributed by atoms with Gasteiger partial charge < -0.3 is 10.2 Å². The van der Waals surface area contributed by atoms with Gasteiger partial charge in [-0.2, -0.15) is 0 Å². The van der Waals surface area contributed by atoms with E-state index in [9.17, 15) is 14.9 Å². The fraction of sp³-hybridized carbons (Fsp3) is 0.208. The van der Waals surface area contributed by atoms with Crippen LogP contribution in [-0.2, 0) is 13.0 Å². The van der Waals surface area contributed by atoms with Crippen LogP contribution in [0.1, 0.15) is 33.5 Å². The third-order valence-corrected chi connectivity index (χ3v) is 5.48. The Kier molecular flexibility index (Phi) is 5.48. The molecule has 6 nitrogen and oxygen atoms in total. The average Bonchev–Trinajstić information content (AvgIpc) is 2.76. The van der Waals surface area contributed by atoms with Crippen LogP contribution in [0.3, 0.4) is 0 Å². The summed E-state index contributed by atoms with van der Waals surface area (Å²) in [6.07, 6.45) is 2.25. The Labute approximate surface area is 175 Å². The van der Waals surface area contributed by atoms with Gasteiger partial charge in [0.15, 0.2) is 0 Å². The third-order valence-electron chi connectivity index (χ3n) is 5.48. The fourth-order valence-electron chi connectivity index (χ4n) is 3.81. The van der Waals surface area contributed by atoms with Crippen molar-refractivity contribution in [1.82, 2.24) is 0 Å². The molecule has 0 aromatic heterocycles. The topological polar surface area (TPSA) is 75.5 Å². The second kappa shape index (κ2) is 8.37. The van der Waals surface area contributed by atoms with Gasteiger partial charge in [-0.05, 0) is 54.7 Å². The molecule has 1 amide bonds. The Balaban J connectivity index is 1.46. The lowest BCUT2D eigenvalue weighted by atomic mass is 10.0. The van der Waals surface area contributed by atoms with E-state index in [0.717, 1.165) is 37.1 Å². The number of nitrogens with zero attached hydrogens (tertiary/aromatic N) is 2. The molecule has 0 atom stereocenters. The number of benzene rings is 3. The van der Waals surface area contributed by atoms with Gasteiger partial charge in [-0.25, -0.2) is 0 Å². The average molecular weight is 401 g/mol. The van der Waals surface area contributed by atoms with Gasteiger partial charge in [0.05, 0.1) is 10.6 Å². The lowest BCUT2D eigenvalue weighted by molar-refractivity contribution is -0.384. The largest absolute Gasteiger partial charge is 0.367 e. The number of non-ortho nitro benzene ring substituents is 1. The van der Waals surface area contributed by atoms with Crippen molar-refractivity contribution in [1.29, 1.82) is 0 Å². The monoisotopic (exact) mass is 401 g/mol. The van der Waals surface area contributed by atoms with Crippen LogP contribution in [-0.4, -0.2) is 17.4 Å². The van der Waals surface area contributed by atoms with E-state index < -0.39 is 4.92 Å². The van der Waals surface area contributed by atoms with E-state index in [1.54, 1.807) is 25.1 Å². The molecule has 30 heavy (non-hydrogen) atoms. The number of aryl methyl sites for hydroxylation is 2. The van der Waals surface area contributed by atoms with Crippen molar-refractivity contribution < 1.29 is 9.72 Å². The first-order valence-electron chi connectivity index (χ1n) is 9.99. The second-order valence-electron chi connectivity index (χ2n) is 7.56. The van der Waals surface area contributed by atoms with Crippen molar-refractivity contribution in [3.63, 3.8) is 0 Å². The Hall–Kier alpha value is -3.67. The third kappa shape index (κ3) is 4.17. The normalized spacial score (nSPS) is 12.9. The van der Waals surface area contributed by atoms with Gasteiger partial charge in [0.2, 0.25) is 0 Å². The molecule has 0 unspecified atom stereocenters. The van der Waals surface area contributed by atoms with Crippen LogP contribution in [0.25, 0.3) is 0 Å². The fourth-order valence-corrected chi connectivity index (χ4v) is 3.81. The van der Waals surface area contributed by atoms with Crippen molar-refractivity contribution in [2.24, 2.45) is 0 Å². The molecule has 1 heterocycles. The minimum Gasteiger partial charge on any atom is -0.367 e. The number of fused-ring (bicyclic) bond motifs is 1. The molecule has 4 rings (SSSR count). The lowest BCUT2D eigenvalue weighted by Gasteiger charge is -2.31. The maximum atomic E-state index is 12.6. The summed E-state index contributed by atoms with van der Waals surface area (Å²) in [5.41, 5.74) is 5.49. The Bertz CT molecular complexity index is 1090. The highest BCUT2D eigenvalue weighted by molar-refractivity contribution is 6.04. The first-order valence-corrected chi connectivity index (χ1v) is 9.99. The minimum absolute atomic E-state index is 0.0481. The molecule has 0 fully saturated rings. The SMILES string of the molecule is Cc1ccc([N+](=O)[O-])cc1NC(=O)c1ccc(CN2CCCc3ccccc32)cc1. The van der Waals surface area contributed by atoms with Crippen molar-refractivity contribution in [3.05, 3.63) is 99.1 Å². The molecule has 3 aromatic carbocycles. The van der Waals surface area contributed by atoms with Crippen molar-refractivity contribution in [2.75, 3.05) is 16.8 Å². The molecule has 1 aliphatic heterocycles. The zero-order chi connectivity index (χ0) is 21.1. The molecule has 0 saturated heterocycles. The van der Waals surface area contributed by atoms with Crippen molar-refractivity contribution in [2.45, 2.75) is 26.3 Å². The predicted molar refractivity (Wildman–Crippen MR) is 118 cm³/mol. The molecule has 1 N–H and O–H groups in total. The molecule has 0 spiro atoms. The van der Waals surface area contributed by atoms with Crippen LogP contribution in [0.15, 0.2) is 66.7 Å². The van der Waals surface area contributed by atoms with Gasteiger partial charge in [0, 0.05) is 36.5 Å². The maximum Gasteiger partial charge on any atom is 0.271 e. The molecule has 0 saturated carbocycles. The summed E-state index contributed by atoms with van der Waals surface area (Å²) in [7, 11) is 0. The second-order valence-corrected chi connectivity index (χ2v) is 7.56. The summed E-state index contributed by atoms with van der Waals surface area (Å²) in [5, 5.41) is 13.8. The van der Waals surface area contributed by atoms with Gasteiger partial charge in [-0.1, -0.05) is 36.4 Å². The highest BCUT2D eigenvalue weighted by Crippen LogP contribution is 2.28. The summed E-state index contributed by atoms with van der Waals surface area (Å²) >= 11 is 0. The Morgan fingerprint density at radius 2 is 1.87 bits per heavy atom. The Morgan fingerprint density at radius 1 is 1.10 bits per heavy atom. The molecule has 1 aliphatic rings. The van der Waals surface area contributed by atoms with E-state index in [0.29, 0.717) is 11.3 Å². The van der Waals surface area contributed by atoms with Gasteiger partial charge in [0.1, 0.15) is 0 Å². The molecule has 3 aromatic rings. The van der Waals surface area contributed by atoms with Crippen molar-refractivity contribution >= 4 is 23.0 Å². The molecule has 6 heteroatoms. The van der Waals surface area contributed by atoms with Gasteiger partial charge in [-0.15, -0.1) is 0 Å². The van der Waals surface area contributed by atoms with Crippen LogP contribution < -0.4 is 10.2 Å². The number of carbonyl (C=O) groups excluding carboxylic acids is 1. The van der Waals surface area contributed by atoms with Gasteiger partial charge in [-0.3, -0.25) is 14.9 Å². The zero-order valence-electron chi connectivity index (χ0n) is 16.8. The Morgan fingerprint density at radius 3 is 2.63 bits per heavy atom. The zero-order valence-corrected chi connectivity index (χ0v) is 16.8. The molecule has 0 radical (unpaired) electrons. The van der Waals surface area contributed by atoms with E-state index in [1.807, 2.05) is 12.1 Å². The summed E-state index contributed by atoms with van der Waals surface area (Å²) in [6.45, 7) is 3.62. The van der Waals surface area contributed by atoms with E-state index in [2.05, 4.69) is 34.5 Å². The number of anilines is 2. The van der Waals surface area contributed by atoms with Crippen LogP contribution >= 0.6 is 0 Å². The van der Waals surface area contributed by atoms with Crippen LogP contribution in [0, 0.1) is 17.0 Å². The number of hydrogen-bond donors (Lipinski definition) is 1. The minimum atomic E-state index is -0.470. The molecule has 0 bridgehead atoms. The predicted octanol–water partition coefficient (Wildman–Crippen LogP) is 5.11. The first-order chi connectivity index (χ1) is 14.5. The lowest BCUT2D eigenvalue weighted by Crippen LogP contribution is -2.28. The number of nitrogens with one attached hydrogen (secondary N) is 1. The standard InChI is InChI=1S/C24H23N3O3/c1-17-8-13-21(27(29)30)15-22(17)25-24(28)20-11-9-18(10-12-20)16-26-14-4-6-19-5-2-3-7-23(19)26/h2-3,5,7-13,15H,4,6,14,16H2,1H3,(H,25,28). The smallest absolute Gasteiger partial charge is 0.271 e. The summed E-state index contributed by atoms with van der Waals surface area (Å²) in [5.74, 6) is -0.284.